The highest BCUT2D eigenvalue weighted by Gasteiger charge is 2.12. The van der Waals surface area contributed by atoms with Crippen molar-refractivity contribution in [1.82, 2.24) is 9.97 Å². The highest BCUT2D eigenvalue weighted by molar-refractivity contribution is 6.01. The summed E-state index contributed by atoms with van der Waals surface area (Å²) in [4.78, 5) is 18.7. The van der Waals surface area contributed by atoms with E-state index in [1.807, 2.05) is 26.0 Å². The molecule has 2 aromatic rings. The van der Waals surface area contributed by atoms with Crippen molar-refractivity contribution in [2.45, 2.75) is 20.3 Å². The summed E-state index contributed by atoms with van der Waals surface area (Å²) in [7, 11) is 0. The highest BCUT2D eigenvalue weighted by Crippen LogP contribution is 2.27. The molecule has 0 saturated heterocycles. The number of benzene rings is 1. The lowest BCUT2D eigenvalue weighted by Gasteiger charge is -2.10. The van der Waals surface area contributed by atoms with Crippen molar-refractivity contribution >= 4 is 22.6 Å². The third-order valence-electron chi connectivity index (χ3n) is 2.74. The van der Waals surface area contributed by atoms with E-state index in [2.05, 4.69) is 15.3 Å². The Morgan fingerprint density at radius 2 is 2.35 bits per heavy atom. The quantitative estimate of drug-likeness (QED) is 0.825. The first kappa shape index (κ1) is 11.1. The number of imidazole rings is 1. The number of nitrogens with zero attached hydrogens (tertiary/aromatic N) is 2. The Hall–Kier alpha value is -2.35. The van der Waals surface area contributed by atoms with Crippen molar-refractivity contribution < 1.29 is 4.79 Å². The molecule has 0 radical (unpaired) electrons. The number of carbonyl (C=O) groups excluding carboxylic acids is 1. The molecule has 2 N–H and O–H groups in total. The Bertz CT molecular complexity index is 621. The van der Waals surface area contributed by atoms with E-state index in [-0.39, 0.29) is 12.3 Å². The van der Waals surface area contributed by atoms with Crippen LogP contribution in [0.2, 0.25) is 0 Å². The molecule has 2 rings (SSSR count). The molecule has 0 aliphatic carbocycles. The molecule has 86 valence electrons. The topological polar surface area (TPSA) is 81.6 Å². The zero-order chi connectivity index (χ0) is 12.4. The number of aryl methyl sites for hydroxylation is 1. The fraction of sp³-hybridized carbons (Fsp3) is 0.250. The summed E-state index contributed by atoms with van der Waals surface area (Å²) in [5, 5.41) is 11.2. The number of rotatable bonds is 2. The van der Waals surface area contributed by atoms with Gasteiger partial charge in [-0.15, -0.1) is 0 Å². The predicted octanol–water partition coefficient (Wildman–Crippen LogP) is 2.03. The first-order valence-corrected chi connectivity index (χ1v) is 5.23. The Morgan fingerprint density at radius 3 is 3.06 bits per heavy atom. The summed E-state index contributed by atoms with van der Waals surface area (Å²) in [6.45, 7) is 3.89. The smallest absolute Gasteiger partial charge is 0.238 e. The van der Waals surface area contributed by atoms with Crippen molar-refractivity contribution in [1.29, 1.82) is 5.26 Å². The summed E-state index contributed by atoms with van der Waals surface area (Å²) < 4.78 is 0. The maximum Gasteiger partial charge on any atom is 0.238 e. The van der Waals surface area contributed by atoms with E-state index in [0.717, 1.165) is 22.2 Å². The van der Waals surface area contributed by atoms with Crippen molar-refractivity contribution in [3.63, 3.8) is 0 Å². The minimum atomic E-state index is -0.314. The number of hydrogen-bond acceptors (Lipinski definition) is 3. The molecule has 0 fully saturated rings. The molecule has 5 heteroatoms. The molecule has 0 spiro atoms. The van der Waals surface area contributed by atoms with E-state index >= 15 is 0 Å². The van der Waals surface area contributed by atoms with Crippen LogP contribution >= 0.6 is 0 Å². The summed E-state index contributed by atoms with van der Waals surface area (Å²) >= 11 is 0. The van der Waals surface area contributed by atoms with Crippen LogP contribution < -0.4 is 5.32 Å². The van der Waals surface area contributed by atoms with Gasteiger partial charge in [-0.25, -0.2) is 4.98 Å². The van der Waals surface area contributed by atoms with E-state index < -0.39 is 0 Å². The van der Waals surface area contributed by atoms with Gasteiger partial charge in [0.25, 0.3) is 0 Å². The second-order valence-electron chi connectivity index (χ2n) is 3.88. The molecule has 0 unspecified atom stereocenters. The maximum absolute atomic E-state index is 11.5. The van der Waals surface area contributed by atoms with Gasteiger partial charge in [-0.05, 0) is 31.0 Å². The Morgan fingerprint density at radius 1 is 1.59 bits per heavy atom. The number of nitrogens with one attached hydrogen (secondary N) is 2. The van der Waals surface area contributed by atoms with Gasteiger partial charge in [0.05, 0.1) is 23.6 Å². The fourth-order valence-electron chi connectivity index (χ4n) is 1.72. The largest absolute Gasteiger partial charge is 0.345 e. The van der Waals surface area contributed by atoms with E-state index in [0.29, 0.717) is 5.69 Å². The molecule has 1 aromatic heterocycles. The fourth-order valence-corrected chi connectivity index (χ4v) is 1.72. The third-order valence-corrected chi connectivity index (χ3v) is 2.74. The number of aromatic amines is 1. The van der Waals surface area contributed by atoms with Crippen molar-refractivity contribution in [3.8, 4) is 6.07 Å². The molecule has 0 aliphatic rings. The lowest BCUT2D eigenvalue weighted by molar-refractivity contribution is -0.115. The monoisotopic (exact) mass is 228 g/mol. The van der Waals surface area contributed by atoms with E-state index in [4.69, 9.17) is 5.26 Å². The third kappa shape index (κ3) is 1.97. The molecule has 1 aromatic carbocycles. The second kappa shape index (κ2) is 4.26. The molecular formula is C12H12N4O. The summed E-state index contributed by atoms with van der Waals surface area (Å²) in [5.41, 5.74) is 4.31. The number of carbonyl (C=O) groups is 1. The minimum Gasteiger partial charge on any atom is -0.345 e. The number of nitriles is 1. The summed E-state index contributed by atoms with van der Waals surface area (Å²) in [6, 6.07) is 3.81. The van der Waals surface area contributed by atoms with Crippen LogP contribution in [0.25, 0.3) is 11.0 Å². The Labute approximate surface area is 98.5 Å². The van der Waals surface area contributed by atoms with Gasteiger partial charge in [0.1, 0.15) is 11.9 Å². The van der Waals surface area contributed by atoms with Crippen LogP contribution in [0.5, 0.6) is 0 Å². The zero-order valence-electron chi connectivity index (χ0n) is 9.66. The van der Waals surface area contributed by atoms with Gasteiger partial charge in [-0.1, -0.05) is 0 Å². The average molecular weight is 228 g/mol. The normalized spacial score (nSPS) is 10.2. The number of aromatic nitrogens is 2. The number of anilines is 1. The molecule has 0 aliphatic heterocycles. The lowest BCUT2D eigenvalue weighted by Crippen LogP contribution is -2.12. The molecule has 17 heavy (non-hydrogen) atoms. The molecule has 0 saturated carbocycles. The summed E-state index contributed by atoms with van der Waals surface area (Å²) in [5.74, 6) is -0.314. The molecule has 1 heterocycles. The van der Waals surface area contributed by atoms with Crippen LogP contribution in [0.3, 0.4) is 0 Å². The number of amides is 1. The number of fused-ring (bicyclic) bond motifs is 1. The first-order valence-electron chi connectivity index (χ1n) is 5.23. The minimum absolute atomic E-state index is 0.153. The van der Waals surface area contributed by atoms with Crippen LogP contribution in [0.1, 0.15) is 17.5 Å². The molecular weight excluding hydrogens is 216 g/mol. The maximum atomic E-state index is 11.5. The van der Waals surface area contributed by atoms with Gasteiger partial charge < -0.3 is 10.3 Å². The van der Waals surface area contributed by atoms with E-state index in [9.17, 15) is 4.79 Å². The SMILES string of the molecule is Cc1cc2[nH]cnc2c(NC(=O)CC#N)c1C. The van der Waals surface area contributed by atoms with Crippen molar-refractivity contribution in [2.75, 3.05) is 5.32 Å². The van der Waals surface area contributed by atoms with Gasteiger partial charge in [-0.3, -0.25) is 4.79 Å². The summed E-state index contributed by atoms with van der Waals surface area (Å²) in [6.07, 6.45) is 1.43. The predicted molar refractivity (Wildman–Crippen MR) is 64.4 cm³/mol. The zero-order valence-corrected chi connectivity index (χ0v) is 9.66. The second-order valence-corrected chi connectivity index (χ2v) is 3.88. The Kier molecular flexibility index (Phi) is 2.79. The average Bonchev–Trinajstić information content (AvgIpc) is 2.72. The highest BCUT2D eigenvalue weighted by atomic mass is 16.1. The van der Waals surface area contributed by atoms with Gasteiger partial charge in [0, 0.05) is 0 Å². The number of H-pyrrole nitrogens is 1. The van der Waals surface area contributed by atoms with E-state index in [1.165, 1.54) is 0 Å². The van der Waals surface area contributed by atoms with Crippen LogP contribution in [0, 0.1) is 25.2 Å². The van der Waals surface area contributed by atoms with Crippen molar-refractivity contribution in [3.05, 3.63) is 23.5 Å². The van der Waals surface area contributed by atoms with E-state index in [1.54, 1.807) is 6.33 Å². The van der Waals surface area contributed by atoms with Crippen LogP contribution in [0.4, 0.5) is 5.69 Å². The lowest BCUT2D eigenvalue weighted by atomic mass is 10.1. The Balaban J connectivity index is 2.51. The number of hydrogen-bond donors (Lipinski definition) is 2. The van der Waals surface area contributed by atoms with Gasteiger partial charge in [0.2, 0.25) is 5.91 Å². The van der Waals surface area contributed by atoms with Gasteiger partial charge >= 0.3 is 0 Å². The standard InChI is InChI=1S/C12H12N4O/c1-7-5-9-12(15-6-14-9)11(8(7)2)16-10(17)3-4-13/h5-6H,3H2,1-2H3,(H,14,15)(H,16,17). The first-order chi connectivity index (χ1) is 8.13. The molecule has 1 amide bonds. The molecule has 0 bridgehead atoms. The van der Waals surface area contributed by atoms with Crippen LogP contribution in [-0.4, -0.2) is 15.9 Å². The van der Waals surface area contributed by atoms with Gasteiger partial charge in [0.15, 0.2) is 0 Å². The molecule has 0 atom stereocenters. The van der Waals surface area contributed by atoms with Crippen molar-refractivity contribution in [2.24, 2.45) is 0 Å². The van der Waals surface area contributed by atoms with Crippen LogP contribution in [0.15, 0.2) is 12.4 Å². The van der Waals surface area contributed by atoms with Gasteiger partial charge in [-0.2, -0.15) is 5.26 Å². The molecule has 5 nitrogen and oxygen atoms in total. The van der Waals surface area contributed by atoms with Crippen LogP contribution in [-0.2, 0) is 4.79 Å².